The first-order valence-electron chi connectivity index (χ1n) is 10.8. The standard InChI is InChI=1S/C25H29N3O2/c1-27-18-22(24(29)21-13-5-6-14-23(21)27)25(30)26-20-12-8-16-28(17-20)15-7-11-19-9-3-2-4-10-19/h2-6,9-10,13-14,18,20H,7-8,11-12,15-17H2,1H3,(H,26,30)/t20-/m1/s1. The van der Waals surface area contributed by atoms with Crippen LogP contribution in [0, 0.1) is 0 Å². The van der Waals surface area contributed by atoms with Crippen molar-refractivity contribution in [3.05, 3.63) is 82.1 Å². The first-order chi connectivity index (χ1) is 14.6. The van der Waals surface area contributed by atoms with E-state index in [1.54, 1.807) is 12.3 Å². The number of likely N-dealkylation sites (tertiary alicyclic amines) is 1. The molecule has 5 nitrogen and oxygen atoms in total. The number of piperidine rings is 1. The van der Waals surface area contributed by atoms with Crippen LogP contribution in [-0.2, 0) is 13.5 Å². The highest BCUT2D eigenvalue weighted by molar-refractivity contribution is 5.97. The molecule has 2 aromatic carbocycles. The molecule has 1 aromatic heterocycles. The highest BCUT2D eigenvalue weighted by Crippen LogP contribution is 2.14. The predicted molar refractivity (Wildman–Crippen MR) is 121 cm³/mol. The van der Waals surface area contributed by atoms with Gasteiger partial charge in [0.25, 0.3) is 5.91 Å². The number of aryl methyl sites for hydroxylation is 2. The number of fused-ring (bicyclic) bond motifs is 1. The SMILES string of the molecule is Cn1cc(C(=O)N[C@@H]2CCCN(CCCc3ccccc3)C2)c(=O)c2ccccc21. The minimum atomic E-state index is -0.266. The summed E-state index contributed by atoms with van der Waals surface area (Å²) in [7, 11) is 1.87. The molecule has 0 bridgehead atoms. The van der Waals surface area contributed by atoms with Crippen molar-refractivity contribution in [2.24, 2.45) is 7.05 Å². The van der Waals surface area contributed by atoms with Crippen molar-refractivity contribution in [1.82, 2.24) is 14.8 Å². The molecule has 3 aromatic rings. The van der Waals surface area contributed by atoms with Gasteiger partial charge in [0.2, 0.25) is 5.43 Å². The van der Waals surface area contributed by atoms with E-state index < -0.39 is 0 Å². The van der Waals surface area contributed by atoms with Crippen molar-refractivity contribution < 1.29 is 4.79 Å². The number of nitrogens with one attached hydrogen (secondary N) is 1. The van der Waals surface area contributed by atoms with Gasteiger partial charge in [-0.25, -0.2) is 0 Å². The lowest BCUT2D eigenvalue weighted by Gasteiger charge is -2.33. The van der Waals surface area contributed by atoms with E-state index in [9.17, 15) is 9.59 Å². The van der Waals surface area contributed by atoms with Crippen LogP contribution < -0.4 is 10.7 Å². The van der Waals surface area contributed by atoms with Crippen molar-refractivity contribution in [2.75, 3.05) is 19.6 Å². The fourth-order valence-electron chi connectivity index (χ4n) is 4.39. The van der Waals surface area contributed by atoms with E-state index >= 15 is 0 Å². The van der Waals surface area contributed by atoms with Gasteiger partial charge in [-0.3, -0.25) is 9.59 Å². The molecule has 0 saturated carbocycles. The van der Waals surface area contributed by atoms with Crippen LogP contribution in [0.25, 0.3) is 10.9 Å². The van der Waals surface area contributed by atoms with E-state index in [4.69, 9.17) is 0 Å². The molecule has 2 heterocycles. The zero-order chi connectivity index (χ0) is 20.9. The van der Waals surface area contributed by atoms with Crippen LogP contribution >= 0.6 is 0 Å². The van der Waals surface area contributed by atoms with Crippen LogP contribution in [0.4, 0.5) is 0 Å². The van der Waals surface area contributed by atoms with E-state index in [2.05, 4.69) is 34.5 Å². The smallest absolute Gasteiger partial charge is 0.257 e. The maximum absolute atomic E-state index is 12.9. The summed E-state index contributed by atoms with van der Waals surface area (Å²) in [6.07, 6.45) is 5.85. The molecule has 1 aliphatic rings. The fourth-order valence-corrected chi connectivity index (χ4v) is 4.39. The van der Waals surface area contributed by atoms with Crippen LogP contribution in [0.15, 0.2) is 65.6 Å². The van der Waals surface area contributed by atoms with Crippen molar-refractivity contribution >= 4 is 16.8 Å². The van der Waals surface area contributed by atoms with E-state index in [-0.39, 0.29) is 22.9 Å². The van der Waals surface area contributed by atoms with E-state index in [1.807, 2.05) is 35.9 Å². The molecule has 0 radical (unpaired) electrons. The summed E-state index contributed by atoms with van der Waals surface area (Å²) >= 11 is 0. The van der Waals surface area contributed by atoms with Gasteiger partial charge in [-0.1, -0.05) is 42.5 Å². The highest BCUT2D eigenvalue weighted by atomic mass is 16.2. The van der Waals surface area contributed by atoms with Crippen molar-refractivity contribution in [3.63, 3.8) is 0 Å². The Morgan fingerprint density at radius 2 is 1.87 bits per heavy atom. The van der Waals surface area contributed by atoms with Crippen molar-refractivity contribution in [3.8, 4) is 0 Å². The molecular formula is C25H29N3O2. The summed E-state index contributed by atoms with van der Waals surface area (Å²) in [5, 5.41) is 3.69. The number of rotatable bonds is 6. The molecule has 1 aliphatic heterocycles. The summed E-state index contributed by atoms with van der Waals surface area (Å²) in [6.45, 7) is 2.94. The van der Waals surface area contributed by atoms with Gasteiger partial charge >= 0.3 is 0 Å². The summed E-state index contributed by atoms with van der Waals surface area (Å²) < 4.78 is 1.85. The van der Waals surface area contributed by atoms with Crippen LogP contribution in [0.1, 0.15) is 35.2 Å². The quantitative estimate of drug-likeness (QED) is 0.687. The van der Waals surface area contributed by atoms with Gasteiger partial charge in [0.1, 0.15) is 5.56 Å². The number of para-hydroxylation sites is 1. The molecular weight excluding hydrogens is 374 g/mol. The topological polar surface area (TPSA) is 54.3 Å². The molecule has 1 amide bonds. The Bertz CT molecular complexity index is 1070. The molecule has 1 N–H and O–H groups in total. The minimum Gasteiger partial charge on any atom is -0.350 e. The number of benzene rings is 2. The molecule has 4 rings (SSSR count). The van der Waals surface area contributed by atoms with Crippen LogP contribution in [0.3, 0.4) is 0 Å². The molecule has 30 heavy (non-hydrogen) atoms. The maximum Gasteiger partial charge on any atom is 0.257 e. The van der Waals surface area contributed by atoms with Crippen LogP contribution in [0.5, 0.6) is 0 Å². The molecule has 0 aliphatic carbocycles. The zero-order valence-corrected chi connectivity index (χ0v) is 17.5. The Kier molecular flexibility index (Phi) is 6.29. The fraction of sp³-hybridized carbons (Fsp3) is 0.360. The van der Waals surface area contributed by atoms with Crippen molar-refractivity contribution in [1.29, 1.82) is 0 Å². The van der Waals surface area contributed by atoms with Gasteiger partial charge in [-0.15, -0.1) is 0 Å². The summed E-state index contributed by atoms with van der Waals surface area (Å²) in [5.41, 5.74) is 2.22. The van der Waals surface area contributed by atoms with E-state index in [0.717, 1.165) is 50.8 Å². The molecule has 1 saturated heterocycles. The minimum absolute atomic E-state index is 0.0825. The molecule has 156 valence electrons. The van der Waals surface area contributed by atoms with Gasteiger partial charge in [0, 0.05) is 31.2 Å². The van der Waals surface area contributed by atoms with Crippen LogP contribution in [-0.4, -0.2) is 41.1 Å². The second-order valence-electron chi connectivity index (χ2n) is 8.20. The summed E-state index contributed by atoms with van der Waals surface area (Å²) in [6, 6.07) is 18.0. The van der Waals surface area contributed by atoms with Crippen LogP contribution in [0.2, 0.25) is 0 Å². The number of carbonyl (C=O) groups excluding carboxylic acids is 1. The number of hydrogen-bond donors (Lipinski definition) is 1. The third-order valence-electron chi connectivity index (χ3n) is 5.96. The number of hydrogen-bond acceptors (Lipinski definition) is 3. The van der Waals surface area contributed by atoms with Gasteiger partial charge in [-0.2, -0.15) is 0 Å². The number of aromatic nitrogens is 1. The molecule has 0 unspecified atom stereocenters. The number of pyridine rings is 1. The molecule has 1 atom stereocenters. The molecule has 1 fully saturated rings. The highest BCUT2D eigenvalue weighted by Gasteiger charge is 2.23. The Labute approximate surface area is 177 Å². The largest absolute Gasteiger partial charge is 0.350 e. The molecule has 0 spiro atoms. The number of carbonyl (C=O) groups is 1. The van der Waals surface area contributed by atoms with Crippen molar-refractivity contribution in [2.45, 2.75) is 31.7 Å². The van der Waals surface area contributed by atoms with E-state index in [1.165, 1.54) is 5.56 Å². The zero-order valence-electron chi connectivity index (χ0n) is 17.5. The van der Waals surface area contributed by atoms with E-state index in [0.29, 0.717) is 5.39 Å². The normalized spacial score (nSPS) is 17.2. The molecule has 5 heteroatoms. The summed E-state index contributed by atoms with van der Waals surface area (Å²) in [5.74, 6) is -0.266. The Morgan fingerprint density at radius 1 is 1.10 bits per heavy atom. The summed E-state index contributed by atoms with van der Waals surface area (Å²) in [4.78, 5) is 28.1. The lowest BCUT2D eigenvalue weighted by atomic mass is 10.0. The van der Waals surface area contributed by atoms with Gasteiger partial charge in [-0.05, 0) is 56.5 Å². The second kappa shape index (κ2) is 9.26. The number of amides is 1. The average molecular weight is 404 g/mol. The Morgan fingerprint density at radius 3 is 2.70 bits per heavy atom. The van der Waals surface area contributed by atoms with Gasteiger partial charge in [0.15, 0.2) is 0 Å². The monoisotopic (exact) mass is 403 g/mol. The lowest BCUT2D eigenvalue weighted by molar-refractivity contribution is 0.0901. The third kappa shape index (κ3) is 4.62. The van der Waals surface area contributed by atoms with Gasteiger partial charge < -0.3 is 14.8 Å². The first kappa shape index (κ1) is 20.4. The Balaban J connectivity index is 1.37. The maximum atomic E-state index is 12.9. The average Bonchev–Trinajstić information content (AvgIpc) is 2.77. The van der Waals surface area contributed by atoms with Gasteiger partial charge in [0.05, 0.1) is 5.52 Å². The third-order valence-corrected chi connectivity index (χ3v) is 5.96. The predicted octanol–water partition coefficient (Wildman–Crippen LogP) is 3.37. The first-order valence-corrected chi connectivity index (χ1v) is 10.8. The second-order valence-corrected chi connectivity index (χ2v) is 8.20. The lowest BCUT2D eigenvalue weighted by Crippen LogP contribution is -2.48. The Hall–Kier alpha value is -2.92. The number of nitrogens with zero attached hydrogens (tertiary/aromatic N) is 2.